The van der Waals surface area contributed by atoms with Crippen molar-refractivity contribution in [2.24, 2.45) is 5.11 Å². The number of rotatable bonds is 1. The first-order valence-corrected chi connectivity index (χ1v) is 4.97. The van der Waals surface area contributed by atoms with Crippen molar-refractivity contribution in [3.05, 3.63) is 40.8 Å². The summed E-state index contributed by atoms with van der Waals surface area (Å²) in [4.78, 5) is 27.9. The third-order valence-corrected chi connectivity index (χ3v) is 2.44. The van der Waals surface area contributed by atoms with E-state index in [1.807, 2.05) is 6.07 Å². The van der Waals surface area contributed by atoms with Crippen LogP contribution in [0.1, 0.15) is 0 Å². The van der Waals surface area contributed by atoms with Crippen molar-refractivity contribution >= 4 is 17.7 Å². The van der Waals surface area contributed by atoms with Crippen LogP contribution >= 0.6 is 0 Å². The largest absolute Gasteiger partial charge is 0.331 e. The van der Waals surface area contributed by atoms with Crippen LogP contribution in [0.25, 0.3) is 10.4 Å². The predicted octanol–water partition coefficient (Wildman–Crippen LogP) is 2.36. The van der Waals surface area contributed by atoms with Crippen molar-refractivity contribution in [1.29, 1.82) is 0 Å². The van der Waals surface area contributed by atoms with Gasteiger partial charge in [-0.15, -0.1) is 0 Å². The van der Waals surface area contributed by atoms with Crippen LogP contribution in [0, 0.1) is 0 Å². The Hall–Kier alpha value is -2.53. The SMILES string of the molecule is [N-]=[N+]=NC(=O)N1CCN(c2ccccc2)C1=O. The number of amides is 4. The molecule has 1 saturated heterocycles. The lowest BCUT2D eigenvalue weighted by Gasteiger charge is -2.15. The van der Waals surface area contributed by atoms with Gasteiger partial charge in [-0.1, -0.05) is 18.2 Å². The Bertz CT molecular complexity index is 495. The van der Waals surface area contributed by atoms with Gasteiger partial charge in [0.25, 0.3) is 0 Å². The molecule has 0 radical (unpaired) electrons. The van der Waals surface area contributed by atoms with E-state index in [9.17, 15) is 9.59 Å². The van der Waals surface area contributed by atoms with Crippen LogP contribution in [-0.2, 0) is 0 Å². The predicted molar refractivity (Wildman–Crippen MR) is 60.4 cm³/mol. The number of carbonyl (C=O) groups excluding carboxylic acids is 2. The molecule has 1 aromatic carbocycles. The average molecular weight is 231 g/mol. The topological polar surface area (TPSA) is 89.4 Å². The van der Waals surface area contributed by atoms with Gasteiger partial charge >= 0.3 is 12.1 Å². The van der Waals surface area contributed by atoms with E-state index in [2.05, 4.69) is 10.0 Å². The minimum atomic E-state index is -0.865. The van der Waals surface area contributed by atoms with Gasteiger partial charge in [-0.3, -0.25) is 14.6 Å². The Balaban J connectivity index is 2.19. The van der Waals surface area contributed by atoms with E-state index in [0.717, 1.165) is 4.90 Å². The molecule has 1 aromatic rings. The normalized spacial score (nSPS) is 14.7. The summed E-state index contributed by atoms with van der Waals surface area (Å²) < 4.78 is 0. The molecule has 86 valence electrons. The number of imide groups is 1. The first kappa shape index (κ1) is 11.0. The zero-order chi connectivity index (χ0) is 12.3. The number of anilines is 1. The maximum Gasteiger partial charge on any atom is 0.331 e. The molecule has 0 unspecified atom stereocenters. The van der Waals surface area contributed by atoms with Crippen LogP contribution in [0.2, 0.25) is 0 Å². The summed E-state index contributed by atoms with van der Waals surface area (Å²) in [5.74, 6) is 0. The molecule has 0 spiro atoms. The van der Waals surface area contributed by atoms with Gasteiger partial charge in [0.2, 0.25) is 0 Å². The molecule has 7 nitrogen and oxygen atoms in total. The quantitative estimate of drug-likeness (QED) is 0.421. The molecule has 0 saturated carbocycles. The summed E-state index contributed by atoms with van der Waals surface area (Å²) in [5.41, 5.74) is 8.87. The molecule has 4 amide bonds. The molecule has 2 rings (SSSR count). The van der Waals surface area contributed by atoms with Crippen LogP contribution in [0.4, 0.5) is 15.3 Å². The molecule has 1 aliphatic heterocycles. The number of nitrogens with zero attached hydrogens (tertiary/aromatic N) is 5. The highest BCUT2D eigenvalue weighted by atomic mass is 16.2. The molecule has 17 heavy (non-hydrogen) atoms. The second-order valence-electron chi connectivity index (χ2n) is 3.39. The Morgan fingerprint density at radius 1 is 1.29 bits per heavy atom. The number of urea groups is 2. The summed E-state index contributed by atoms with van der Waals surface area (Å²) in [6, 6.07) is 7.68. The van der Waals surface area contributed by atoms with Crippen LogP contribution in [0.5, 0.6) is 0 Å². The molecular formula is C10H9N5O2. The fourth-order valence-electron chi connectivity index (χ4n) is 1.65. The Kier molecular flexibility index (Phi) is 2.93. The monoisotopic (exact) mass is 231 g/mol. The number of azide groups is 1. The fourth-order valence-corrected chi connectivity index (χ4v) is 1.65. The molecule has 0 N–H and O–H groups in total. The summed E-state index contributed by atoms with van der Waals surface area (Å²) in [5, 5.41) is 2.91. The van der Waals surface area contributed by atoms with Gasteiger partial charge in [0.05, 0.1) is 0 Å². The summed E-state index contributed by atoms with van der Waals surface area (Å²) in [7, 11) is 0. The van der Waals surface area contributed by atoms with Crippen molar-refractivity contribution in [3.8, 4) is 0 Å². The zero-order valence-corrected chi connectivity index (χ0v) is 8.85. The third kappa shape index (κ3) is 2.04. The standard InChI is InChI=1S/C10H9N5O2/c11-13-12-9(16)15-7-6-14(10(15)17)8-4-2-1-3-5-8/h1-5H,6-7H2. The molecule has 7 heteroatoms. The molecule has 0 aromatic heterocycles. The molecule has 1 fully saturated rings. The van der Waals surface area contributed by atoms with Gasteiger partial charge in [0, 0.05) is 28.8 Å². The summed E-state index contributed by atoms with van der Waals surface area (Å²) in [6.45, 7) is 0.626. The van der Waals surface area contributed by atoms with Gasteiger partial charge in [-0.2, -0.15) is 0 Å². The first-order chi connectivity index (χ1) is 8.24. The van der Waals surface area contributed by atoms with E-state index < -0.39 is 12.1 Å². The molecular weight excluding hydrogens is 222 g/mol. The average Bonchev–Trinajstić information content (AvgIpc) is 2.72. The maximum atomic E-state index is 11.9. The van der Waals surface area contributed by atoms with Crippen molar-refractivity contribution < 1.29 is 9.59 Å². The highest BCUT2D eigenvalue weighted by Crippen LogP contribution is 2.20. The van der Waals surface area contributed by atoms with E-state index in [1.165, 1.54) is 4.90 Å². The first-order valence-electron chi connectivity index (χ1n) is 4.97. The minimum absolute atomic E-state index is 0.228. The van der Waals surface area contributed by atoms with Gasteiger partial charge in [0.1, 0.15) is 0 Å². The van der Waals surface area contributed by atoms with Crippen molar-refractivity contribution in [2.45, 2.75) is 0 Å². The number of carbonyl (C=O) groups is 2. The Morgan fingerprint density at radius 2 is 2.00 bits per heavy atom. The Labute approximate surface area is 96.9 Å². The highest BCUT2D eigenvalue weighted by Gasteiger charge is 2.33. The second-order valence-corrected chi connectivity index (χ2v) is 3.39. The second kappa shape index (κ2) is 4.54. The summed E-state index contributed by atoms with van der Waals surface area (Å²) >= 11 is 0. The lowest BCUT2D eigenvalue weighted by molar-refractivity contribution is 0.206. The van der Waals surface area contributed by atoms with Crippen LogP contribution < -0.4 is 4.90 Å². The minimum Gasteiger partial charge on any atom is -0.292 e. The fraction of sp³-hybridized carbons (Fsp3) is 0.200. The van der Waals surface area contributed by atoms with Gasteiger partial charge in [-0.25, -0.2) is 4.79 Å². The molecule has 0 bridgehead atoms. The van der Waals surface area contributed by atoms with Crippen LogP contribution in [0.15, 0.2) is 35.4 Å². The number of hydrogen-bond donors (Lipinski definition) is 0. The number of benzene rings is 1. The van der Waals surface area contributed by atoms with Crippen molar-refractivity contribution in [3.63, 3.8) is 0 Å². The molecule has 1 aliphatic rings. The summed E-state index contributed by atoms with van der Waals surface area (Å²) in [6.07, 6.45) is 0. The highest BCUT2D eigenvalue weighted by molar-refractivity contribution is 6.04. The zero-order valence-electron chi connectivity index (χ0n) is 8.85. The van der Waals surface area contributed by atoms with E-state index in [0.29, 0.717) is 12.2 Å². The molecule has 0 aliphatic carbocycles. The van der Waals surface area contributed by atoms with E-state index in [1.54, 1.807) is 24.3 Å². The number of hydrogen-bond acceptors (Lipinski definition) is 2. The van der Waals surface area contributed by atoms with Gasteiger partial charge in [0.15, 0.2) is 0 Å². The molecule has 0 atom stereocenters. The van der Waals surface area contributed by atoms with E-state index in [-0.39, 0.29) is 6.54 Å². The Morgan fingerprint density at radius 3 is 2.65 bits per heavy atom. The maximum absolute atomic E-state index is 11.9. The van der Waals surface area contributed by atoms with Gasteiger partial charge < -0.3 is 0 Å². The van der Waals surface area contributed by atoms with Gasteiger partial charge in [-0.05, 0) is 17.7 Å². The third-order valence-electron chi connectivity index (χ3n) is 2.44. The van der Waals surface area contributed by atoms with Crippen molar-refractivity contribution in [1.82, 2.24) is 4.90 Å². The van der Waals surface area contributed by atoms with Crippen LogP contribution in [-0.4, -0.2) is 30.1 Å². The lowest BCUT2D eigenvalue weighted by Crippen LogP contribution is -2.34. The van der Waals surface area contributed by atoms with E-state index >= 15 is 0 Å². The smallest absolute Gasteiger partial charge is 0.292 e. The van der Waals surface area contributed by atoms with Crippen LogP contribution in [0.3, 0.4) is 0 Å². The molecule has 1 heterocycles. The number of para-hydroxylation sites is 1. The lowest BCUT2D eigenvalue weighted by atomic mass is 10.3. The van der Waals surface area contributed by atoms with E-state index in [4.69, 9.17) is 5.53 Å². The van der Waals surface area contributed by atoms with Crippen molar-refractivity contribution in [2.75, 3.05) is 18.0 Å².